The molecule has 0 saturated carbocycles. The molecule has 0 aliphatic carbocycles. The largest absolute Gasteiger partial charge is 0.378 e. The van der Waals surface area contributed by atoms with Crippen LogP contribution in [0.5, 0.6) is 0 Å². The van der Waals surface area contributed by atoms with Crippen LogP contribution in [0.15, 0.2) is 5.10 Å². The zero-order chi connectivity index (χ0) is 10.7. The summed E-state index contributed by atoms with van der Waals surface area (Å²) in [6, 6.07) is 0. The molecule has 0 aromatic carbocycles. The van der Waals surface area contributed by atoms with Gasteiger partial charge in [0.05, 0.1) is 12.2 Å². The summed E-state index contributed by atoms with van der Waals surface area (Å²) in [4.78, 5) is 0. The molecule has 0 aromatic heterocycles. The molecule has 2 fully saturated rings. The molecular formula is C9H17N3O2S. The third-order valence-corrected chi connectivity index (χ3v) is 4.01. The van der Waals surface area contributed by atoms with Crippen molar-refractivity contribution in [3.05, 3.63) is 0 Å². The van der Waals surface area contributed by atoms with Crippen LogP contribution in [-0.2, 0) is 9.47 Å². The Morgan fingerprint density at radius 2 is 2.33 bits per heavy atom. The molecule has 5 nitrogen and oxygen atoms in total. The molecule has 2 saturated heterocycles. The van der Waals surface area contributed by atoms with Crippen molar-refractivity contribution < 1.29 is 9.47 Å². The number of nitrogens with zero attached hydrogens (tertiary/aromatic N) is 1. The van der Waals surface area contributed by atoms with E-state index in [1.807, 2.05) is 0 Å². The number of hydrazone groups is 1. The summed E-state index contributed by atoms with van der Waals surface area (Å²) in [5, 5.41) is 4.39. The molecule has 2 aliphatic heterocycles. The van der Waals surface area contributed by atoms with Crippen molar-refractivity contribution in [1.82, 2.24) is 0 Å². The second-order valence-corrected chi connectivity index (χ2v) is 5.35. The van der Waals surface area contributed by atoms with Crippen molar-refractivity contribution in [3.63, 3.8) is 0 Å². The highest BCUT2D eigenvalue weighted by atomic mass is 32.2. The molecular weight excluding hydrogens is 214 g/mol. The summed E-state index contributed by atoms with van der Waals surface area (Å²) in [7, 11) is 0. The number of ether oxygens (including phenoxy) is 2. The summed E-state index contributed by atoms with van der Waals surface area (Å²) >= 11 is 1.55. The van der Waals surface area contributed by atoms with Gasteiger partial charge < -0.3 is 21.1 Å². The number of amidine groups is 1. The van der Waals surface area contributed by atoms with E-state index in [4.69, 9.17) is 21.1 Å². The Hall–Kier alpha value is -0.460. The molecule has 0 bridgehead atoms. The van der Waals surface area contributed by atoms with Crippen LogP contribution in [-0.4, -0.2) is 35.8 Å². The maximum Gasteiger partial charge on any atom is 0.177 e. The Morgan fingerprint density at radius 1 is 1.47 bits per heavy atom. The first kappa shape index (κ1) is 11.0. The summed E-state index contributed by atoms with van der Waals surface area (Å²) in [6.07, 6.45) is 2.97. The van der Waals surface area contributed by atoms with Crippen LogP contribution in [0, 0.1) is 0 Å². The van der Waals surface area contributed by atoms with Gasteiger partial charge in [0.1, 0.15) is 0 Å². The molecule has 6 heteroatoms. The van der Waals surface area contributed by atoms with E-state index in [1.54, 1.807) is 11.8 Å². The zero-order valence-electron chi connectivity index (χ0n) is 8.65. The van der Waals surface area contributed by atoms with Crippen molar-refractivity contribution in [2.75, 3.05) is 19.8 Å². The Balaban J connectivity index is 1.92. The lowest BCUT2D eigenvalue weighted by molar-refractivity contribution is -0.0768. The fraction of sp³-hybridized carbons (Fsp3) is 0.889. The molecule has 1 spiro atoms. The number of hydrogen-bond donors (Lipinski definition) is 2. The van der Waals surface area contributed by atoms with Crippen molar-refractivity contribution in [2.24, 2.45) is 16.7 Å². The highest BCUT2D eigenvalue weighted by Gasteiger charge is 2.41. The number of rotatable bonds is 1. The molecule has 2 heterocycles. The van der Waals surface area contributed by atoms with Gasteiger partial charge >= 0.3 is 0 Å². The molecule has 0 aromatic rings. The maximum absolute atomic E-state index is 5.82. The normalized spacial score (nSPS) is 37.3. The van der Waals surface area contributed by atoms with E-state index in [0.29, 0.717) is 17.0 Å². The minimum Gasteiger partial charge on any atom is -0.378 e. The standard InChI is InChI=1S/C9H17N3O2S/c10-8(12-11)15-7-1-3-14-9(5-7)2-4-13-6-9/h7H,1-6,11H2,(H2,10,12). The second kappa shape index (κ2) is 4.59. The van der Waals surface area contributed by atoms with Gasteiger partial charge in [-0.05, 0) is 12.8 Å². The topological polar surface area (TPSA) is 82.9 Å². The highest BCUT2D eigenvalue weighted by molar-refractivity contribution is 8.14. The lowest BCUT2D eigenvalue weighted by Crippen LogP contribution is -2.42. The average molecular weight is 231 g/mol. The van der Waals surface area contributed by atoms with E-state index in [-0.39, 0.29) is 5.60 Å². The molecule has 2 rings (SSSR count). The molecule has 0 amide bonds. The molecule has 0 radical (unpaired) electrons. The lowest BCUT2D eigenvalue weighted by atomic mass is 9.93. The number of hydrogen-bond acceptors (Lipinski definition) is 5. The van der Waals surface area contributed by atoms with Crippen molar-refractivity contribution in [1.29, 1.82) is 0 Å². The Morgan fingerprint density at radius 3 is 3.00 bits per heavy atom. The van der Waals surface area contributed by atoms with Gasteiger partial charge in [-0.25, -0.2) is 0 Å². The van der Waals surface area contributed by atoms with E-state index in [9.17, 15) is 0 Å². The van der Waals surface area contributed by atoms with E-state index < -0.39 is 0 Å². The zero-order valence-corrected chi connectivity index (χ0v) is 9.46. The van der Waals surface area contributed by atoms with Gasteiger partial charge in [-0.3, -0.25) is 0 Å². The number of thioether (sulfide) groups is 1. The van der Waals surface area contributed by atoms with Crippen LogP contribution in [0.4, 0.5) is 0 Å². The predicted molar refractivity (Wildman–Crippen MR) is 60.5 cm³/mol. The van der Waals surface area contributed by atoms with Crippen molar-refractivity contribution >= 4 is 16.9 Å². The second-order valence-electron chi connectivity index (χ2n) is 4.03. The molecule has 2 unspecified atom stereocenters. The number of nitrogens with two attached hydrogens (primary N) is 2. The molecule has 2 aliphatic rings. The van der Waals surface area contributed by atoms with Crippen LogP contribution in [0.25, 0.3) is 0 Å². The van der Waals surface area contributed by atoms with Gasteiger partial charge in [0, 0.05) is 24.9 Å². The van der Waals surface area contributed by atoms with Gasteiger partial charge in [0.2, 0.25) is 0 Å². The maximum atomic E-state index is 5.82. The average Bonchev–Trinajstić information content (AvgIpc) is 2.66. The third kappa shape index (κ3) is 2.56. The van der Waals surface area contributed by atoms with E-state index >= 15 is 0 Å². The lowest BCUT2D eigenvalue weighted by Gasteiger charge is -2.36. The van der Waals surface area contributed by atoms with E-state index in [2.05, 4.69) is 5.10 Å². The fourth-order valence-corrected chi connectivity index (χ4v) is 3.15. The molecule has 2 atom stereocenters. The van der Waals surface area contributed by atoms with Crippen LogP contribution >= 0.6 is 11.8 Å². The molecule has 86 valence electrons. The van der Waals surface area contributed by atoms with Crippen molar-refractivity contribution in [3.8, 4) is 0 Å². The minimum atomic E-state index is -0.0647. The first-order chi connectivity index (χ1) is 7.24. The highest BCUT2D eigenvalue weighted by Crippen LogP contribution is 2.37. The first-order valence-corrected chi connectivity index (χ1v) is 6.04. The van der Waals surface area contributed by atoms with Crippen LogP contribution < -0.4 is 11.6 Å². The van der Waals surface area contributed by atoms with Gasteiger partial charge in [0.15, 0.2) is 5.17 Å². The first-order valence-electron chi connectivity index (χ1n) is 5.16. The van der Waals surface area contributed by atoms with Crippen LogP contribution in [0.3, 0.4) is 0 Å². The SMILES string of the molecule is NN=C(N)SC1CCOC2(CCOC2)C1. The summed E-state index contributed by atoms with van der Waals surface area (Å²) in [6.45, 7) is 2.29. The summed E-state index contributed by atoms with van der Waals surface area (Å²) in [5.41, 5.74) is 5.54. The quantitative estimate of drug-likeness (QED) is 0.292. The third-order valence-electron chi connectivity index (χ3n) is 2.93. The van der Waals surface area contributed by atoms with Gasteiger partial charge in [-0.15, -0.1) is 0 Å². The molecule has 4 N–H and O–H groups in total. The van der Waals surface area contributed by atoms with Crippen LogP contribution in [0.1, 0.15) is 19.3 Å². The molecule has 15 heavy (non-hydrogen) atoms. The van der Waals surface area contributed by atoms with Gasteiger partial charge in [-0.1, -0.05) is 11.8 Å². The predicted octanol–water partition coefficient (Wildman–Crippen LogP) is 0.246. The Kier molecular flexibility index (Phi) is 3.38. The smallest absolute Gasteiger partial charge is 0.177 e. The monoisotopic (exact) mass is 231 g/mol. The summed E-state index contributed by atoms with van der Waals surface area (Å²) in [5.74, 6) is 5.12. The van der Waals surface area contributed by atoms with Crippen LogP contribution in [0.2, 0.25) is 0 Å². The van der Waals surface area contributed by atoms with Crippen molar-refractivity contribution in [2.45, 2.75) is 30.1 Å². The van der Waals surface area contributed by atoms with Gasteiger partial charge in [0.25, 0.3) is 0 Å². The Bertz CT molecular complexity index is 254. The Labute approximate surface area is 93.5 Å². The summed E-state index contributed by atoms with van der Waals surface area (Å²) < 4.78 is 11.2. The van der Waals surface area contributed by atoms with E-state index in [0.717, 1.165) is 32.5 Å². The fourth-order valence-electron chi connectivity index (χ4n) is 2.15. The minimum absolute atomic E-state index is 0.0647. The van der Waals surface area contributed by atoms with E-state index in [1.165, 1.54) is 0 Å². The van der Waals surface area contributed by atoms with Gasteiger partial charge in [-0.2, -0.15) is 5.10 Å².